The molecule has 0 spiro atoms. The Hall–Kier alpha value is -2.11. The first-order valence-electron chi connectivity index (χ1n) is 8.50. The number of pyridine rings is 1. The Labute approximate surface area is 143 Å². The van der Waals surface area contributed by atoms with Gasteiger partial charge in [-0.1, -0.05) is 0 Å². The Morgan fingerprint density at radius 3 is 2.71 bits per heavy atom. The Bertz CT molecular complexity index is 554. The van der Waals surface area contributed by atoms with Crippen LogP contribution in [0.15, 0.2) is 24.5 Å². The first kappa shape index (κ1) is 18.2. The van der Waals surface area contributed by atoms with Crippen molar-refractivity contribution in [2.45, 2.75) is 51.6 Å². The quantitative estimate of drug-likeness (QED) is 0.919. The highest BCUT2D eigenvalue weighted by atomic mass is 16.6. The van der Waals surface area contributed by atoms with Crippen molar-refractivity contribution in [2.75, 3.05) is 19.6 Å². The summed E-state index contributed by atoms with van der Waals surface area (Å²) in [5.74, 6) is 0.439. The second kappa shape index (κ2) is 8.13. The molecule has 2 rings (SSSR count). The van der Waals surface area contributed by atoms with Gasteiger partial charge in [0.1, 0.15) is 5.60 Å². The summed E-state index contributed by atoms with van der Waals surface area (Å²) in [6.07, 6.45) is 5.48. The third-order valence-corrected chi connectivity index (χ3v) is 3.96. The van der Waals surface area contributed by atoms with E-state index < -0.39 is 11.7 Å². The summed E-state index contributed by atoms with van der Waals surface area (Å²) in [6, 6.07) is 4.03. The molecule has 6 nitrogen and oxygen atoms in total. The van der Waals surface area contributed by atoms with E-state index in [1.54, 1.807) is 12.4 Å². The van der Waals surface area contributed by atoms with Crippen LogP contribution in [0, 0.1) is 0 Å². The van der Waals surface area contributed by atoms with Crippen molar-refractivity contribution in [3.8, 4) is 0 Å². The zero-order chi connectivity index (χ0) is 17.6. The highest BCUT2D eigenvalue weighted by molar-refractivity contribution is 5.77. The van der Waals surface area contributed by atoms with E-state index in [0.717, 1.165) is 25.9 Å². The van der Waals surface area contributed by atoms with Gasteiger partial charge in [0.05, 0.1) is 0 Å². The van der Waals surface area contributed by atoms with Crippen molar-refractivity contribution in [2.24, 2.45) is 0 Å². The maximum Gasteiger partial charge on any atom is 0.407 e. The van der Waals surface area contributed by atoms with E-state index >= 15 is 0 Å². The summed E-state index contributed by atoms with van der Waals surface area (Å²) in [5, 5.41) is 2.64. The van der Waals surface area contributed by atoms with E-state index in [9.17, 15) is 9.59 Å². The van der Waals surface area contributed by atoms with Gasteiger partial charge in [0, 0.05) is 44.4 Å². The minimum absolute atomic E-state index is 0.0739. The molecule has 0 saturated carbocycles. The van der Waals surface area contributed by atoms with Crippen molar-refractivity contribution in [3.05, 3.63) is 30.1 Å². The van der Waals surface area contributed by atoms with Crippen LogP contribution in [-0.2, 0) is 9.53 Å². The van der Waals surface area contributed by atoms with Crippen LogP contribution in [0.2, 0.25) is 0 Å². The lowest BCUT2D eigenvalue weighted by Gasteiger charge is -2.33. The van der Waals surface area contributed by atoms with Crippen LogP contribution < -0.4 is 5.32 Å². The summed E-state index contributed by atoms with van der Waals surface area (Å²) in [4.78, 5) is 29.9. The van der Waals surface area contributed by atoms with Gasteiger partial charge >= 0.3 is 6.09 Å². The maximum absolute atomic E-state index is 12.4. The summed E-state index contributed by atoms with van der Waals surface area (Å²) in [6.45, 7) is 7.24. The van der Waals surface area contributed by atoms with E-state index in [-0.39, 0.29) is 5.91 Å². The Morgan fingerprint density at radius 2 is 2.04 bits per heavy atom. The van der Waals surface area contributed by atoms with Gasteiger partial charge in [0.2, 0.25) is 5.91 Å². The van der Waals surface area contributed by atoms with Gasteiger partial charge in [-0.05, 0) is 51.3 Å². The van der Waals surface area contributed by atoms with Gasteiger partial charge in [0.25, 0.3) is 0 Å². The largest absolute Gasteiger partial charge is 0.444 e. The minimum Gasteiger partial charge on any atom is -0.444 e. The third-order valence-electron chi connectivity index (χ3n) is 3.96. The van der Waals surface area contributed by atoms with Crippen molar-refractivity contribution in [3.63, 3.8) is 0 Å². The van der Waals surface area contributed by atoms with Gasteiger partial charge in [-0.2, -0.15) is 0 Å². The normalized spacial score (nSPS) is 18.1. The molecule has 0 radical (unpaired) electrons. The number of alkyl carbamates (subject to hydrolysis) is 1. The molecule has 2 heterocycles. The molecule has 0 unspecified atom stereocenters. The minimum atomic E-state index is -0.529. The van der Waals surface area contributed by atoms with E-state index in [1.807, 2.05) is 37.8 Å². The summed E-state index contributed by atoms with van der Waals surface area (Å²) in [7, 11) is 0. The number of hydrogen-bond donors (Lipinski definition) is 1. The SMILES string of the molecule is CC(C)(C)OC(=O)NCCC(=O)N1CCC[C@H](c2ccncc2)C1. The molecule has 1 aliphatic heterocycles. The fraction of sp³-hybridized carbons (Fsp3) is 0.611. The third kappa shape index (κ3) is 5.83. The van der Waals surface area contributed by atoms with Gasteiger partial charge < -0.3 is 15.0 Å². The molecule has 24 heavy (non-hydrogen) atoms. The topological polar surface area (TPSA) is 71.5 Å². The molecule has 1 N–H and O–H groups in total. The molecule has 0 bridgehead atoms. The lowest BCUT2D eigenvalue weighted by molar-refractivity contribution is -0.132. The number of nitrogens with zero attached hydrogens (tertiary/aromatic N) is 2. The van der Waals surface area contributed by atoms with E-state index in [2.05, 4.69) is 10.3 Å². The molecule has 0 aromatic carbocycles. The van der Waals surface area contributed by atoms with Crippen molar-refractivity contribution < 1.29 is 14.3 Å². The van der Waals surface area contributed by atoms with Gasteiger partial charge in [0.15, 0.2) is 0 Å². The van der Waals surface area contributed by atoms with Gasteiger partial charge in [-0.25, -0.2) is 4.79 Å². The fourth-order valence-corrected chi connectivity index (χ4v) is 2.86. The highest BCUT2D eigenvalue weighted by Gasteiger charge is 2.24. The molecule has 1 aromatic rings. The molecule has 1 aromatic heterocycles. The van der Waals surface area contributed by atoms with Crippen LogP contribution in [-0.4, -0.2) is 47.1 Å². The van der Waals surface area contributed by atoms with Gasteiger partial charge in [-0.3, -0.25) is 9.78 Å². The lowest BCUT2D eigenvalue weighted by Crippen LogP contribution is -2.41. The molecule has 1 atom stereocenters. The van der Waals surface area contributed by atoms with Crippen molar-refractivity contribution >= 4 is 12.0 Å². The zero-order valence-corrected chi connectivity index (χ0v) is 14.7. The number of ether oxygens (including phenoxy) is 1. The molecule has 6 heteroatoms. The molecule has 1 fully saturated rings. The first-order valence-corrected chi connectivity index (χ1v) is 8.50. The summed E-state index contributed by atoms with van der Waals surface area (Å²) in [5.41, 5.74) is 0.702. The number of rotatable bonds is 4. The molecule has 0 aliphatic carbocycles. The number of carbonyl (C=O) groups is 2. The fourth-order valence-electron chi connectivity index (χ4n) is 2.86. The second-order valence-corrected chi connectivity index (χ2v) is 7.14. The smallest absolute Gasteiger partial charge is 0.407 e. The molecule has 1 aliphatic rings. The van der Waals surface area contributed by atoms with Gasteiger partial charge in [-0.15, -0.1) is 0 Å². The van der Waals surface area contributed by atoms with E-state index in [4.69, 9.17) is 4.74 Å². The number of aromatic nitrogens is 1. The van der Waals surface area contributed by atoms with Crippen LogP contribution in [0.1, 0.15) is 51.5 Å². The predicted molar refractivity (Wildman–Crippen MR) is 91.6 cm³/mol. The average Bonchev–Trinajstić information content (AvgIpc) is 2.54. The Balaban J connectivity index is 1.77. The number of carbonyl (C=O) groups excluding carboxylic acids is 2. The maximum atomic E-state index is 12.4. The van der Waals surface area contributed by atoms with Crippen LogP contribution in [0.3, 0.4) is 0 Å². The standard InChI is InChI=1S/C18H27N3O3/c1-18(2,3)24-17(23)20-11-8-16(22)21-12-4-5-15(13-21)14-6-9-19-10-7-14/h6-7,9-10,15H,4-5,8,11-13H2,1-3H3,(H,20,23)/t15-/m0/s1. The summed E-state index contributed by atoms with van der Waals surface area (Å²) < 4.78 is 5.16. The molecular formula is C18H27N3O3. The highest BCUT2D eigenvalue weighted by Crippen LogP contribution is 2.26. The Kier molecular flexibility index (Phi) is 6.17. The predicted octanol–water partition coefficient (Wildman–Crippen LogP) is 2.70. The van der Waals surface area contributed by atoms with E-state index in [1.165, 1.54) is 5.56 Å². The van der Waals surface area contributed by atoms with E-state index in [0.29, 0.717) is 18.9 Å². The monoisotopic (exact) mass is 333 g/mol. The second-order valence-electron chi connectivity index (χ2n) is 7.14. The van der Waals surface area contributed by atoms with Crippen LogP contribution in [0.5, 0.6) is 0 Å². The lowest BCUT2D eigenvalue weighted by atomic mass is 9.91. The molecular weight excluding hydrogens is 306 g/mol. The van der Waals surface area contributed by atoms with Crippen LogP contribution in [0.25, 0.3) is 0 Å². The molecule has 2 amide bonds. The van der Waals surface area contributed by atoms with Crippen molar-refractivity contribution in [1.82, 2.24) is 15.2 Å². The average molecular weight is 333 g/mol. The van der Waals surface area contributed by atoms with Crippen LogP contribution >= 0.6 is 0 Å². The first-order chi connectivity index (χ1) is 11.3. The Morgan fingerprint density at radius 1 is 1.33 bits per heavy atom. The number of piperidine rings is 1. The summed E-state index contributed by atoms with van der Waals surface area (Å²) >= 11 is 0. The number of likely N-dealkylation sites (tertiary alicyclic amines) is 1. The number of hydrogen-bond acceptors (Lipinski definition) is 4. The van der Waals surface area contributed by atoms with Crippen molar-refractivity contribution in [1.29, 1.82) is 0 Å². The number of amides is 2. The zero-order valence-electron chi connectivity index (χ0n) is 14.7. The molecule has 1 saturated heterocycles. The van der Waals surface area contributed by atoms with Crippen LogP contribution in [0.4, 0.5) is 4.79 Å². The molecule has 132 valence electrons. The number of nitrogens with one attached hydrogen (secondary N) is 1.